The van der Waals surface area contributed by atoms with Crippen LogP contribution in [-0.2, 0) is 11.3 Å². The van der Waals surface area contributed by atoms with E-state index in [9.17, 15) is 19.7 Å². The zero-order valence-electron chi connectivity index (χ0n) is 15.9. The molecule has 0 atom stereocenters. The molecule has 1 aromatic carbocycles. The first kappa shape index (κ1) is 20.5. The van der Waals surface area contributed by atoms with E-state index in [0.29, 0.717) is 25.1 Å². The van der Waals surface area contributed by atoms with Gasteiger partial charge in [0.25, 0.3) is 17.5 Å². The lowest BCUT2D eigenvalue weighted by Gasteiger charge is -2.10. The Kier molecular flexibility index (Phi) is 6.72. The van der Waals surface area contributed by atoms with E-state index in [1.807, 2.05) is 10.8 Å². The summed E-state index contributed by atoms with van der Waals surface area (Å²) in [5.74, 6) is -1.09. The normalized spacial score (nSPS) is 11.1. The van der Waals surface area contributed by atoms with E-state index in [1.165, 1.54) is 36.6 Å². The number of hydrogen-bond acceptors (Lipinski definition) is 6. The van der Waals surface area contributed by atoms with Gasteiger partial charge in [-0.05, 0) is 30.2 Å². The second-order valence-electron chi connectivity index (χ2n) is 6.25. The van der Waals surface area contributed by atoms with E-state index < -0.39 is 16.7 Å². The van der Waals surface area contributed by atoms with Crippen molar-refractivity contribution in [1.29, 1.82) is 0 Å². The highest BCUT2D eigenvalue weighted by molar-refractivity contribution is 6.04. The van der Waals surface area contributed by atoms with Gasteiger partial charge in [-0.2, -0.15) is 0 Å². The number of imidazole rings is 1. The number of carbonyl (C=O) groups is 2. The summed E-state index contributed by atoms with van der Waals surface area (Å²) < 4.78 is 6.93. The van der Waals surface area contributed by atoms with Crippen LogP contribution in [0.1, 0.15) is 22.5 Å². The van der Waals surface area contributed by atoms with E-state index in [2.05, 4.69) is 15.6 Å². The van der Waals surface area contributed by atoms with Gasteiger partial charge in [0.2, 0.25) is 0 Å². The molecule has 2 N–H and O–H groups in total. The zero-order valence-corrected chi connectivity index (χ0v) is 15.9. The molecule has 0 radical (unpaired) electrons. The SMILES string of the molecule is O=C(NCCCn1ccnc1)/C(=C\c1cccc([N+](=O)[O-])c1)NC(=O)c1ccco1. The molecule has 2 amide bonds. The second-order valence-corrected chi connectivity index (χ2v) is 6.25. The van der Waals surface area contributed by atoms with Crippen LogP contribution in [-0.4, -0.2) is 32.8 Å². The highest BCUT2D eigenvalue weighted by atomic mass is 16.6. The van der Waals surface area contributed by atoms with E-state index in [-0.39, 0.29) is 17.1 Å². The van der Waals surface area contributed by atoms with Crippen LogP contribution in [0.3, 0.4) is 0 Å². The maximum Gasteiger partial charge on any atom is 0.291 e. The number of non-ortho nitro benzene ring substituents is 1. The average molecular weight is 409 g/mol. The quantitative estimate of drug-likeness (QED) is 0.241. The lowest BCUT2D eigenvalue weighted by Crippen LogP contribution is -2.35. The molecule has 0 bridgehead atoms. The molecule has 0 fully saturated rings. The molecule has 0 aliphatic heterocycles. The molecule has 30 heavy (non-hydrogen) atoms. The van der Waals surface area contributed by atoms with E-state index >= 15 is 0 Å². The third kappa shape index (κ3) is 5.64. The minimum atomic E-state index is -0.606. The van der Waals surface area contributed by atoms with E-state index in [4.69, 9.17) is 4.42 Å². The number of benzene rings is 1. The fourth-order valence-electron chi connectivity index (χ4n) is 2.62. The highest BCUT2D eigenvalue weighted by Gasteiger charge is 2.16. The van der Waals surface area contributed by atoms with Crippen LogP contribution in [0.15, 0.2) is 71.5 Å². The molecule has 0 spiro atoms. The number of hydrogen-bond donors (Lipinski definition) is 2. The summed E-state index contributed by atoms with van der Waals surface area (Å²) in [5.41, 5.74) is 0.216. The number of nitro groups is 1. The number of aromatic nitrogens is 2. The Morgan fingerprint density at radius 1 is 1.27 bits per heavy atom. The fourth-order valence-corrected chi connectivity index (χ4v) is 2.62. The lowest BCUT2D eigenvalue weighted by molar-refractivity contribution is -0.384. The van der Waals surface area contributed by atoms with Gasteiger partial charge in [-0.25, -0.2) is 4.98 Å². The van der Waals surface area contributed by atoms with Gasteiger partial charge < -0.3 is 19.6 Å². The molecule has 2 heterocycles. The Bertz CT molecular complexity index is 1040. The standard InChI is InChI=1S/C20H19N5O5/c26-19(22-7-3-9-24-10-8-21-14-24)17(23-20(27)18-6-2-11-30-18)13-15-4-1-5-16(12-15)25(28)29/h1-2,4-6,8,10-14H,3,7,9H2,(H,22,26)(H,23,27)/b17-13+. The van der Waals surface area contributed by atoms with Crippen LogP contribution in [0.2, 0.25) is 0 Å². The van der Waals surface area contributed by atoms with Crippen molar-refractivity contribution in [2.24, 2.45) is 0 Å². The zero-order chi connectivity index (χ0) is 21.3. The van der Waals surface area contributed by atoms with Crippen molar-refractivity contribution in [2.45, 2.75) is 13.0 Å². The summed E-state index contributed by atoms with van der Waals surface area (Å²) in [6.45, 7) is 1.03. The Labute approximate surface area is 171 Å². The van der Waals surface area contributed by atoms with E-state index in [0.717, 1.165) is 0 Å². The van der Waals surface area contributed by atoms with Gasteiger partial charge in [0.15, 0.2) is 5.76 Å². The number of aryl methyl sites for hydroxylation is 1. The summed E-state index contributed by atoms with van der Waals surface area (Å²) in [7, 11) is 0. The van der Waals surface area contributed by atoms with E-state index in [1.54, 1.807) is 24.7 Å². The van der Waals surface area contributed by atoms with Crippen LogP contribution in [0.5, 0.6) is 0 Å². The molecule has 3 aromatic rings. The Morgan fingerprint density at radius 2 is 2.13 bits per heavy atom. The Hall–Kier alpha value is -4.21. The fraction of sp³-hybridized carbons (Fsp3) is 0.150. The first-order valence-electron chi connectivity index (χ1n) is 9.08. The van der Waals surface area contributed by atoms with Gasteiger partial charge in [-0.15, -0.1) is 0 Å². The summed E-state index contributed by atoms with van der Waals surface area (Å²) >= 11 is 0. The van der Waals surface area contributed by atoms with Crippen molar-refractivity contribution in [3.63, 3.8) is 0 Å². The molecule has 10 heteroatoms. The second kappa shape index (κ2) is 9.82. The topological polar surface area (TPSA) is 132 Å². The van der Waals surface area contributed by atoms with Crippen molar-refractivity contribution < 1.29 is 18.9 Å². The van der Waals surface area contributed by atoms with Gasteiger partial charge in [0, 0.05) is 37.6 Å². The molecule has 2 aromatic heterocycles. The first-order chi connectivity index (χ1) is 14.5. The molecule has 0 aliphatic rings. The number of rotatable bonds is 9. The molecule has 0 saturated carbocycles. The predicted octanol–water partition coefficient (Wildman–Crippen LogP) is 2.36. The molecule has 10 nitrogen and oxygen atoms in total. The minimum absolute atomic E-state index is 0.0350. The molecule has 3 rings (SSSR count). The Balaban J connectivity index is 1.72. The van der Waals surface area contributed by atoms with Crippen molar-refractivity contribution in [3.05, 3.63) is 88.5 Å². The van der Waals surface area contributed by atoms with Crippen LogP contribution in [0, 0.1) is 10.1 Å². The number of amides is 2. The van der Waals surface area contributed by atoms with Gasteiger partial charge in [0.05, 0.1) is 17.5 Å². The van der Waals surface area contributed by atoms with Crippen molar-refractivity contribution >= 4 is 23.6 Å². The number of carbonyl (C=O) groups excluding carboxylic acids is 2. The molecule has 0 aliphatic carbocycles. The highest BCUT2D eigenvalue weighted by Crippen LogP contribution is 2.15. The summed E-state index contributed by atoms with van der Waals surface area (Å²) in [4.78, 5) is 39.4. The summed E-state index contributed by atoms with van der Waals surface area (Å²) in [6, 6.07) is 8.76. The number of nitrogens with zero attached hydrogens (tertiary/aromatic N) is 3. The lowest BCUT2D eigenvalue weighted by atomic mass is 10.1. The minimum Gasteiger partial charge on any atom is -0.459 e. The molecular weight excluding hydrogens is 390 g/mol. The largest absolute Gasteiger partial charge is 0.459 e. The number of furan rings is 1. The predicted molar refractivity (Wildman–Crippen MR) is 107 cm³/mol. The van der Waals surface area contributed by atoms with Crippen LogP contribution in [0.25, 0.3) is 6.08 Å². The van der Waals surface area contributed by atoms with Crippen molar-refractivity contribution in [2.75, 3.05) is 6.54 Å². The third-order valence-electron chi connectivity index (χ3n) is 4.07. The number of nitrogens with one attached hydrogen (secondary N) is 2. The van der Waals surface area contributed by atoms with Crippen molar-refractivity contribution in [1.82, 2.24) is 20.2 Å². The maximum absolute atomic E-state index is 12.7. The van der Waals surface area contributed by atoms with Gasteiger partial charge in [0.1, 0.15) is 5.70 Å². The van der Waals surface area contributed by atoms with Crippen LogP contribution < -0.4 is 10.6 Å². The van der Waals surface area contributed by atoms with Gasteiger partial charge in [-0.1, -0.05) is 12.1 Å². The molecular formula is C20H19N5O5. The van der Waals surface area contributed by atoms with Gasteiger partial charge in [-0.3, -0.25) is 19.7 Å². The summed E-state index contributed by atoms with van der Waals surface area (Å²) in [6.07, 6.45) is 8.53. The van der Waals surface area contributed by atoms with Crippen LogP contribution >= 0.6 is 0 Å². The number of nitro benzene ring substituents is 1. The van der Waals surface area contributed by atoms with Crippen molar-refractivity contribution in [3.8, 4) is 0 Å². The van der Waals surface area contributed by atoms with Crippen LogP contribution in [0.4, 0.5) is 5.69 Å². The smallest absolute Gasteiger partial charge is 0.291 e. The summed E-state index contributed by atoms with van der Waals surface area (Å²) in [5, 5.41) is 16.2. The van der Waals surface area contributed by atoms with Gasteiger partial charge >= 0.3 is 0 Å². The molecule has 0 unspecified atom stereocenters. The average Bonchev–Trinajstić information content (AvgIpc) is 3.45. The monoisotopic (exact) mass is 409 g/mol. The Morgan fingerprint density at radius 3 is 2.83 bits per heavy atom. The molecule has 154 valence electrons. The maximum atomic E-state index is 12.7. The first-order valence-corrected chi connectivity index (χ1v) is 9.08. The molecule has 0 saturated heterocycles. The third-order valence-corrected chi connectivity index (χ3v) is 4.07.